The van der Waals surface area contributed by atoms with Gasteiger partial charge in [0.1, 0.15) is 10.3 Å². The van der Waals surface area contributed by atoms with Crippen LogP contribution in [0.5, 0.6) is 0 Å². The van der Waals surface area contributed by atoms with Gasteiger partial charge >= 0.3 is 5.97 Å². The van der Waals surface area contributed by atoms with Gasteiger partial charge in [-0.05, 0) is 13.0 Å². The van der Waals surface area contributed by atoms with Gasteiger partial charge in [-0.2, -0.15) is 0 Å². The fourth-order valence-corrected chi connectivity index (χ4v) is 2.62. The number of carbonyl (C=O) groups is 1. The summed E-state index contributed by atoms with van der Waals surface area (Å²) in [6, 6.07) is 0.576. The Bertz CT molecular complexity index is 513. The van der Waals surface area contributed by atoms with Gasteiger partial charge in [-0.3, -0.25) is 0 Å². The van der Waals surface area contributed by atoms with Gasteiger partial charge in [0.2, 0.25) is 0 Å². The van der Waals surface area contributed by atoms with Crippen LogP contribution in [0.2, 0.25) is 15.3 Å². The van der Waals surface area contributed by atoms with E-state index in [-0.39, 0.29) is 21.9 Å². The highest BCUT2D eigenvalue weighted by molar-refractivity contribution is 6.37. The number of carbonyl (C=O) groups excluding carboxylic acids is 1. The van der Waals surface area contributed by atoms with Crippen LogP contribution in [0.1, 0.15) is 18.6 Å². The molecule has 0 bridgehead atoms. The van der Waals surface area contributed by atoms with Crippen LogP contribution in [0.15, 0.2) is 11.1 Å². The third kappa shape index (κ3) is 2.94. The minimum absolute atomic E-state index is 0.0716. The van der Waals surface area contributed by atoms with Gasteiger partial charge in [0.15, 0.2) is 18.5 Å². The summed E-state index contributed by atoms with van der Waals surface area (Å²) in [6.07, 6.45) is 0.414. The molecule has 1 aromatic heterocycles. The van der Waals surface area contributed by atoms with Crippen LogP contribution < -0.4 is 0 Å². The van der Waals surface area contributed by atoms with E-state index in [0.717, 1.165) is 0 Å². The van der Waals surface area contributed by atoms with Crippen LogP contribution in [-0.4, -0.2) is 30.0 Å². The number of esters is 1. The molecule has 1 aliphatic rings. The van der Waals surface area contributed by atoms with Crippen LogP contribution in [0.4, 0.5) is 0 Å². The highest BCUT2D eigenvalue weighted by Crippen LogP contribution is 2.37. The topological polar surface area (TPSA) is 60.8 Å². The second-order valence-electron chi connectivity index (χ2n) is 3.64. The Kier molecular flexibility index (Phi) is 4.50. The molecule has 0 radical (unpaired) electrons. The Hall–Kier alpha value is -1.04. The lowest BCUT2D eigenvalue weighted by atomic mass is 10.1. The number of aliphatic imine (C=N–C) groups is 1. The number of nitrogens with zero attached hydrogens (tertiary/aromatic N) is 2. The summed E-state index contributed by atoms with van der Waals surface area (Å²) in [5.74, 6) is -0.511. The standard InChI is InChI=1S/C11H9Cl3N2O3/c1-2-18-11(17)8-9(19-4-15-8)7-5(12)3-6(13)16-10(7)14/h3-4,8-9H,2H2,1H3/t8-,9-/m1/s1. The quantitative estimate of drug-likeness (QED) is 0.633. The molecule has 102 valence electrons. The van der Waals surface area contributed by atoms with Crippen LogP contribution >= 0.6 is 34.8 Å². The fraction of sp³-hybridized carbons (Fsp3) is 0.364. The number of aromatic nitrogens is 1. The minimum atomic E-state index is -0.849. The first-order chi connectivity index (χ1) is 9.04. The third-order valence-electron chi connectivity index (χ3n) is 2.46. The lowest BCUT2D eigenvalue weighted by molar-refractivity contribution is -0.146. The molecule has 19 heavy (non-hydrogen) atoms. The molecule has 0 unspecified atom stereocenters. The molecule has 1 aliphatic heterocycles. The molecule has 2 rings (SSSR count). The zero-order chi connectivity index (χ0) is 14.0. The largest absolute Gasteiger partial charge is 0.473 e. The molecule has 0 aliphatic carbocycles. The molecule has 0 saturated heterocycles. The Morgan fingerprint density at radius 3 is 2.84 bits per heavy atom. The lowest BCUT2D eigenvalue weighted by Crippen LogP contribution is -2.26. The van der Waals surface area contributed by atoms with E-state index in [2.05, 4.69) is 9.98 Å². The molecule has 0 amide bonds. The highest BCUT2D eigenvalue weighted by Gasteiger charge is 2.38. The molecule has 0 N–H and O–H groups in total. The van der Waals surface area contributed by atoms with Gasteiger partial charge in [0.05, 0.1) is 17.2 Å². The Morgan fingerprint density at radius 2 is 2.21 bits per heavy atom. The number of pyridine rings is 1. The lowest BCUT2D eigenvalue weighted by Gasteiger charge is -2.18. The number of hydrogen-bond donors (Lipinski definition) is 0. The summed E-state index contributed by atoms with van der Waals surface area (Å²) >= 11 is 17.8. The molecule has 0 spiro atoms. The monoisotopic (exact) mass is 322 g/mol. The summed E-state index contributed by atoms with van der Waals surface area (Å²) in [5, 5.41) is 0.488. The van der Waals surface area contributed by atoms with Crippen molar-refractivity contribution in [3.63, 3.8) is 0 Å². The van der Waals surface area contributed by atoms with Gasteiger partial charge < -0.3 is 9.47 Å². The van der Waals surface area contributed by atoms with Gasteiger partial charge in [-0.25, -0.2) is 14.8 Å². The van der Waals surface area contributed by atoms with E-state index >= 15 is 0 Å². The van der Waals surface area contributed by atoms with Crippen molar-refractivity contribution < 1.29 is 14.3 Å². The summed E-state index contributed by atoms with van der Waals surface area (Å²) in [5.41, 5.74) is 0.364. The van der Waals surface area contributed by atoms with Gasteiger partial charge in [0, 0.05) is 0 Å². The summed E-state index contributed by atoms with van der Waals surface area (Å²) in [6.45, 7) is 1.95. The zero-order valence-corrected chi connectivity index (χ0v) is 12.0. The number of ether oxygens (including phenoxy) is 2. The van der Waals surface area contributed by atoms with Crippen molar-refractivity contribution in [2.24, 2.45) is 4.99 Å². The average Bonchev–Trinajstić information content (AvgIpc) is 2.77. The van der Waals surface area contributed by atoms with Crippen molar-refractivity contribution in [3.8, 4) is 0 Å². The Balaban J connectivity index is 2.34. The van der Waals surface area contributed by atoms with Crippen molar-refractivity contribution >= 4 is 47.2 Å². The average molecular weight is 324 g/mol. The SMILES string of the molecule is CCOC(=O)[C@@H]1N=CO[C@@H]1c1c(Cl)cc(Cl)nc1Cl. The van der Waals surface area contributed by atoms with E-state index in [9.17, 15) is 4.79 Å². The Morgan fingerprint density at radius 1 is 1.47 bits per heavy atom. The molecular weight excluding hydrogens is 314 g/mol. The van der Waals surface area contributed by atoms with Gasteiger partial charge in [-0.15, -0.1) is 0 Å². The first kappa shape index (κ1) is 14.4. The summed E-state index contributed by atoms with van der Waals surface area (Å²) in [7, 11) is 0. The van der Waals surface area contributed by atoms with Crippen LogP contribution in [-0.2, 0) is 14.3 Å². The molecule has 0 saturated carbocycles. The molecule has 2 heterocycles. The summed E-state index contributed by atoms with van der Waals surface area (Å²) in [4.78, 5) is 19.6. The van der Waals surface area contributed by atoms with Crippen molar-refractivity contribution in [2.75, 3.05) is 6.61 Å². The highest BCUT2D eigenvalue weighted by atomic mass is 35.5. The van der Waals surface area contributed by atoms with Crippen molar-refractivity contribution in [1.82, 2.24) is 4.98 Å². The number of rotatable bonds is 3. The number of hydrogen-bond acceptors (Lipinski definition) is 5. The van der Waals surface area contributed by atoms with Crippen LogP contribution in [0.3, 0.4) is 0 Å². The fourth-order valence-electron chi connectivity index (χ4n) is 1.68. The molecule has 5 nitrogen and oxygen atoms in total. The smallest absolute Gasteiger partial charge is 0.335 e. The van der Waals surface area contributed by atoms with Gasteiger partial charge in [-0.1, -0.05) is 34.8 Å². The predicted molar refractivity (Wildman–Crippen MR) is 72.0 cm³/mol. The second kappa shape index (κ2) is 5.94. The van der Waals surface area contributed by atoms with Crippen LogP contribution in [0, 0.1) is 0 Å². The van der Waals surface area contributed by atoms with E-state index in [1.54, 1.807) is 6.92 Å². The molecular formula is C11H9Cl3N2O3. The molecule has 0 fully saturated rings. The maximum atomic E-state index is 11.8. The first-order valence-corrected chi connectivity index (χ1v) is 6.53. The van der Waals surface area contributed by atoms with E-state index in [0.29, 0.717) is 5.56 Å². The molecule has 0 aromatic carbocycles. The van der Waals surface area contributed by atoms with E-state index in [1.165, 1.54) is 12.5 Å². The summed E-state index contributed by atoms with van der Waals surface area (Å²) < 4.78 is 10.2. The van der Waals surface area contributed by atoms with E-state index in [1.807, 2.05) is 0 Å². The predicted octanol–water partition coefficient (Wildman–Crippen LogP) is 3.07. The zero-order valence-electron chi connectivity index (χ0n) is 9.77. The molecule has 8 heteroatoms. The van der Waals surface area contributed by atoms with Crippen molar-refractivity contribution in [2.45, 2.75) is 19.1 Å². The molecule has 1 aromatic rings. The van der Waals surface area contributed by atoms with E-state index in [4.69, 9.17) is 44.3 Å². The Labute approximate surface area is 124 Å². The van der Waals surface area contributed by atoms with E-state index < -0.39 is 18.1 Å². The van der Waals surface area contributed by atoms with Crippen LogP contribution in [0.25, 0.3) is 0 Å². The van der Waals surface area contributed by atoms with Crippen molar-refractivity contribution in [1.29, 1.82) is 0 Å². The normalized spacial score (nSPS) is 21.3. The van der Waals surface area contributed by atoms with Gasteiger partial charge in [0.25, 0.3) is 0 Å². The third-order valence-corrected chi connectivity index (χ3v) is 3.25. The second-order valence-corrected chi connectivity index (χ2v) is 4.79. The molecule has 2 atom stereocenters. The number of halogens is 3. The maximum Gasteiger partial charge on any atom is 0.335 e. The first-order valence-electron chi connectivity index (χ1n) is 5.39. The van der Waals surface area contributed by atoms with Crippen molar-refractivity contribution in [3.05, 3.63) is 27.0 Å². The maximum absolute atomic E-state index is 11.8. The minimum Gasteiger partial charge on any atom is -0.473 e.